The van der Waals surface area contributed by atoms with Gasteiger partial charge < -0.3 is 19.5 Å². The van der Waals surface area contributed by atoms with E-state index < -0.39 is 0 Å². The van der Waals surface area contributed by atoms with Crippen molar-refractivity contribution in [1.29, 1.82) is 0 Å². The van der Waals surface area contributed by atoms with Gasteiger partial charge in [-0.1, -0.05) is 0 Å². The number of anilines is 1. The second-order valence-electron chi connectivity index (χ2n) is 6.13. The van der Waals surface area contributed by atoms with Crippen molar-refractivity contribution in [1.82, 2.24) is 5.32 Å². The number of carbonyl (C=O) groups excluding carboxylic acids is 1. The Morgan fingerprint density at radius 1 is 1.29 bits per heavy atom. The van der Waals surface area contributed by atoms with E-state index in [-0.39, 0.29) is 17.8 Å². The lowest BCUT2D eigenvalue weighted by atomic mass is 10.1. The summed E-state index contributed by atoms with van der Waals surface area (Å²) in [5.41, 5.74) is 1.05. The van der Waals surface area contributed by atoms with Gasteiger partial charge in [0.2, 0.25) is 5.91 Å². The molecule has 2 aromatic rings. The van der Waals surface area contributed by atoms with Crippen LogP contribution in [0.5, 0.6) is 0 Å². The zero-order valence-corrected chi connectivity index (χ0v) is 13.8. The first-order valence-electron chi connectivity index (χ1n) is 8.26. The van der Waals surface area contributed by atoms with Crippen molar-refractivity contribution in [3.8, 4) is 0 Å². The number of furan rings is 1. The molecule has 5 nitrogen and oxygen atoms in total. The van der Waals surface area contributed by atoms with E-state index in [1.165, 1.54) is 24.0 Å². The van der Waals surface area contributed by atoms with Crippen molar-refractivity contribution in [2.45, 2.75) is 13.0 Å². The molecular formula is C18H23FN3O2+. The predicted molar refractivity (Wildman–Crippen MR) is 89.4 cm³/mol. The number of nitrogens with zero attached hydrogens (tertiary/aromatic N) is 1. The number of nitrogens with one attached hydrogen (secondary N) is 2. The third-order valence-electron chi connectivity index (χ3n) is 4.53. The summed E-state index contributed by atoms with van der Waals surface area (Å²) in [6.45, 7) is 5.73. The molecule has 1 saturated heterocycles. The lowest BCUT2D eigenvalue weighted by Crippen LogP contribution is -3.15. The van der Waals surface area contributed by atoms with Gasteiger partial charge in [-0.05, 0) is 36.4 Å². The summed E-state index contributed by atoms with van der Waals surface area (Å²) in [4.78, 5) is 14.9. The van der Waals surface area contributed by atoms with Crippen LogP contribution in [-0.2, 0) is 4.79 Å². The summed E-state index contributed by atoms with van der Waals surface area (Å²) in [6, 6.07) is 10.6. The Morgan fingerprint density at radius 3 is 2.58 bits per heavy atom. The van der Waals surface area contributed by atoms with Crippen molar-refractivity contribution in [2.24, 2.45) is 0 Å². The molecule has 2 N–H and O–H groups in total. The van der Waals surface area contributed by atoms with E-state index in [0.717, 1.165) is 37.6 Å². The predicted octanol–water partition coefficient (Wildman–Crippen LogP) is 1.00. The average Bonchev–Trinajstić information content (AvgIpc) is 3.10. The number of piperazine rings is 1. The second kappa shape index (κ2) is 7.49. The van der Waals surface area contributed by atoms with Crippen molar-refractivity contribution < 1.29 is 18.5 Å². The maximum Gasteiger partial charge on any atom is 0.217 e. The van der Waals surface area contributed by atoms with Gasteiger partial charge in [-0.15, -0.1) is 0 Å². The molecule has 0 unspecified atom stereocenters. The van der Waals surface area contributed by atoms with Gasteiger partial charge in [-0.3, -0.25) is 4.79 Å². The Morgan fingerprint density at radius 2 is 2.00 bits per heavy atom. The van der Waals surface area contributed by atoms with Crippen LogP contribution in [0.25, 0.3) is 0 Å². The highest BCUT2D eigenvalue weighted by Crippen LogP contribution is 2.16. The number of carbonyl (C=O) groups is 1. The van der Waals surface area contributed by atoms with E-state index in [0.29, 0.717) is 6.54 Å². The van der Waals surface area contributed by atoms with Gasteiger partial charge in [-0.25, -0.2) is 4.39 Å². The van der Waals surface area contributed by atoms with Gasteiger partial charge in [0, 0.05) is 12.6 Å². The highest BCUT2D eigenvalue weighted by molar-refractivity contribution is 5.72. The summed E-state index contributed by atoms with van der Waals surface area (Å²) in [5.74, 6) is 0.654. The standard InChI is InChI=1S/C18H22FN3O2/c1-14(23)20-13-17(18-3-2-12-24-18)22-10-8-21(9-11-22)16-6-4-15(19)5-7-16/h2-7,12,17H,8-11,13H2,1H3,(H,20,23)/p+1/t17-/m0/s1. The molecule has 1 aliphatic rings. The molecule has 1 aliphatic heterocycles. The number of rotatable bonds is 5. The van der Waals surface area contributed by atoms with E-state index in [1.807, 2.05) is 24.3 Å². The fraction of sp³-hybridized carbons (Fsp3) is 0.389. The highest BCUT2D eigenvalue weighted by atomic mass is 19.1. The molecule has 1 aromatic carbocycles. The molecule has 0 saturated carbocycles. The zero-order valence-electron chi connectivity index (χ0n) is 13.8. The number of halogens is 1. The van der Waals surface area contributed by atoms with Crippen LogP contribution < -0.4 is 15.1 Å². The van der Waals surface area contributed by atoms with Gasteiger partial charge in [0.1, 0.15) is 5.82 Å². The molecule has 0 radical (unpaired) electrons. The van der Waals surface area contributed by atoms with Gasteiger partial charge in [-0.2, -0.15) is 0 Å². The minimum Gasteiger partial charge on any atom is -0.463 e. The van der Waals surface area contributed by atoms with Gasteiger partial charge >= 0.3 is 0 Å². The maximum atomic E-state index is 13.1. The lowest BCUT2D eigenvalue weighted by molar-refractivity contribution is -0.932. The van der Waals surface area contributed by atoms with Crippen molar-refractivity contribution in [3.63, 3.8) is 0 Å². The molecule has 1 amide bonds. The Labute approximate surface area is 141 Å². The highest BCUT2D eigenvalue weighted by Gasteiger charge is 2.30. The van der Waals surface area contributed by atoms with Crippen LogP contribution in [0.4, 0.5) is 10.1 Å². The van der Waals surface area contributed by atoms with E-state index in [1.54, 1.807) is 6.26 Å². The summed E-state index contributed by atoms with van der Waals surface area (Å²) >= 11 is 0. The van der Waals surface area contributed by atoms with Gasteiger partial charge in [0.05, 0.1) is 39.0 Å². The number of hydrogen-bond donors (Lipinski definition) is 2. The van der Waals surface area contributed by atoms with E-state index in [2.05, 4.69) is 10.2 Å². The fourth-order valence-corrected chi connectivity index (χ4v) is 3.23. The van der Waals surface area contributed by atoms with Crippen LogP contribution in [0.1, 0.15) is 18.7 Å². The molecule has 6 heteroatoms. The molecule has 1 fully saturated rings. The first-order chi connectivity index (χ1) is 11.6. The summed E-state index contributed by atoms with van der Waals surface area (Å²) in [7, 11) is 0. The molecular weight excluding hydrogens is 309 g/mol. The van der Waals surface area contributed by atoms with Gasteiger partial charge in [0.15, 0.2) is 11.8 Å². The average molecular weight is 332 g/mol. The first-order valence-corrected chi connectivity index (χ1v) is 8.26. The van der Waals surface area contributed by atoms with Crippen LogP contribution in [0, 0.1) is 5.82 Å². The van der Waals surface area contributed by atoms with Crippen LogP contribution in [-0.4, -0.2) is 38.6 Å². The number of amides is 1. The first kappa shape index (κ1) is 16.5. The minimum atomic E-state index is -0.212. The SMILES string of the molecule is CC(=O)NC[C@@H](c1ccco1)[NH+]1CCN(c2ccc(F)cc2)CC1. The topological polar surface area (TPSA) is 49.9 Å². The molecule has 0 aliphatic carbocycles. The molecule has 1 aromatic heterocycles. The second-order valence-corrected chi connectivity index (χ2v) is 6.13. The van der Waals surface area contributed by atoms with Crippen LogP contribution in [0.2, 0.25) is 0 Å². The summed E-state index contributed by atoms with van der Waals surface area (Å²) in [5, 5.41) is 2.91. The third kappa shape index (κ3) is 3.94. The lowest BCUT2D eigenvalue weighted by Gasteiger charge is -2.37. The molecule has 2 heterocycles. The molecule has 0 bridgehead atoms. The van der Waals surface area contributed by atoms with Crippen LogP contribution in [0.15, 0.2) is 47.1 Å². The smallest absolute Gasteiger partial charge is 0.217 e. The Balaban J connectivity index is 1.64. The van der Waals surface area contributed by atoms with Crippen LogP contribution >= 0.6 is 0 Å². The fourth-order valence-electron chi connectivity index (χ4n) is 3.23. The molecule has 128 valence electrons. The van der Waals surface area contributed by atoms with Gasteiger partial charge in [0.25, 0.3) is 0 Å². The molecule has 3 rings (SSSR count). The third-order valence-corrected chi connectivity index (χ3v) is 4.53. The van der Waals surface area contributed by atoms with Crippen LogP contribution in [0.3, 0.4) is 0 Å². The molecule has 24 heavy (non-hydrogen) atoms. The Hall–Kier alpha value is -2.34. The quantitative estimate of drug-likeness (QED) is 0.859. The summed E-state index contributed by atoms with van der Waals surface area (Å²) < 4.78 is 18.6. The zero-order chi connectivity index (χ0) is 16.9. The summed E-state index contributed by atoms with van der Waals surface area (Å²) in [6.07, 6.45) is 1.67. The van der Waals surface area contributed by atoms with Crippen molar-refractivity contribution in [2.75, 3.05) is 37.6 Å². The normalized spacial score (nSPS) is 16.8. The van der Waals surface area contributed by atoms with E-state index >= 15 is 0 Å². The monoisotopic (exact) mass is 332 g/mol. The van der Waals surface area contributed by atoms with E-state index in [9.17, 15) is 9.18 Å². The maximum absolute atomic E-state index is 13.1. The van der Waals surface area contributed by atoms with Crippen molar-refractivity contribution >= 4 is 11.6 Å². The number of quaternary nitrogens is 1. The Kier molecular flexibility index (Phi) is 5.15. The Bertz CT molecular complexity index is 649. The van der Waals surface area contributed by atoms with Crippen molar-refractivity contribution in [3.05, 3.63) is 54.2 Å². The number of hydrogen-bond acceptors (Lipinski definition) is 3. The van der Waals surface area contributed by atoms with E-state index in [4.69, 9.17) is 4.42 Å². The minimum absolute atomic E-state index is 0.0316. The molecule has 1 atom stereocenters. The number of benzene rings is 1. The molecule has 0 spiro atoms. The largest absolute Gasteiger partial charge is 0.463 e.